The Bertz CT molecular complexity index is 405. The number of nitrogens with one attached hydrogen (secondary N) is 1. The fourth-order valence-corrected chi connectivity index (χ4v) is 2.41. The second-order valence-electron chi connectivity index (χ2n) is 3.89. The Balaban J connectivity index is 2.30. The Morgan fingerprint density at radius 3 is 2.82 bits per heavy atom. The second kappa shape index (κ2) is 6.76. The number of aliphatic carboxylic acids is 1. The Kier molecular flexibility index (Phi) is 5.64. The predicted molar refractivity (Wildman–Crippen MR) is 70.4 cm³/mol. The summed E-state index contributed by atoms with van der Waals surface area (Å²) in [6, 6.07) is 1.77. The summed E-state index contributed by atoms with van der Waals surface area (Å²) in [5.74, 6) is -0.754. The predicted octanol–water partition coefficient (Wildman–Crippen LogP) is 2.74. The number of hydrogen-bond donors (Lipinski definition) is 2. The van der Waals surface area contributed by atoms with Crippen molar-refractivity contribution in [3.05, 3.63) is 20.8 Å². The molecule has 0 spiro atoms. The molecule has 0 aliphatic rings. The van der Waals surface area contributed by atoms with E-state index in [0.717, 1.165) is 3.79 Å². The van der Waals surface area contributed by atoms with Crippen LogP contribution in [0.2, 0.25) is 0 Å². The van der Waals surface area contributed by atoms with E-state index in [1.807, 2.05) is 6.92 Å². The molecule has 1 atom stereocenters. The van der Waals surface area contributed by atoms with Crippen LogP contribution in [-0.2, 0) is 4.79 Å². The van der Waals surface area contributed by atoms with Gasteiger partial charge in [0.05, 0.1) is 9.35 Å². The van der Waals surface area contributed by atoms with Crippen LogP contribution in [-0.4, -0.2) is 23.5 Å². The lowest BCUT2D eigenvalue weighted by Crippen LogP contribution is -2.28. The van der Waals surface area contributed by atoms with Gasteiger partial charge in [-0.2, -0.15) is 0 Å². The molecular weight excluding hydrogens is 306 g/mol. The molecule has 17 heavy (non-hydrogen) atoms. The van der Waals surface area contributed by atoms with Gasteiger partial charge in [0.1, 0.15) is 0 Å². The average molecular weight is 320 g/mol. The van der Waals surface area contributed by atoms with E-state index in [4.69, 9.17) is 5.11 Å². The van der Waals surface area contributed by atoms with Crippen LogP contribution >= 0.6 is 27.3 Å². The summed E-state index contributed by atoms with van der Waals surface area (Å²) in [5.41, 5.74) is 0.632. The number of thiophene rings is 1. The molecule has 1 heterocycles. The Labute approximate surface area is 112 Å². The van der Waals surface area contributed by atoms with Gasteiger partial charge in [0.25, 0.3) is 5.91 Å². The Hall–Kier alpha value is -0.880. The van der Waals surface area contributed by atoms with E-state index in [0.29, 0.717) is 18.5 Å². The normalized spacial score (nSPS) is 12.1. The van der Waals surface area contributed by atoms with Crippen LogP contribution < -0.4 is 5.32 Å². The number of carboxylic acid groups (broad SMARTS) is 1. The summed E-state index contributed by atoms with van der Waals surface area (Å²) < 4.78 is 0.918. The highest BCUT2D eigenvalue weighted by Gasteiger charge is 2.10. The summed E-state index contributed by atoms with van der Waals surface area (Å²) in [5, 5.41) is 13.1. The molecular formula is C11H14BrNO3S. The van der Waals surface area contributed by atoms with E-state index in [-0.39, 0.29) is 18.2 Å². The van der Waals surface area contributed by atoms with Crippen molar-refractivity contribution in [1.29, 1.82) is 0 Å². The summed E-state index contributed by atoms with van der Waals surface area (Å²) in [4.78, 5) is 22.0. The van der Waals surface area contributed by atoms with E-state index < -0.39 is 5.97 Å². The number of halogens is 1. The topological polar surface area (TPSA) is 66.4 Å². The van der Waals surface area contributed by atoms with E-state index in [2.05, 4.69) is 21.2 Å². The molecule has 1 aromatic heterocycles. The van der Waals surface area contributed by atoms with Crippen LogP contribution in [0.3, 0.4) is 0 Å². The molecule has 0 aliphatic heterocycles. The first kappa shape index (κ1) is 14.2. The first-order valence-corrected chi connectivity index (χ1v) is 6.90. The fourth-order valence-electron chi connectivity index (χ4n) is 1.27. The zero-order valence-electron chi connectivity index (χ0n) is 9.40. The van der Waals surface area contributed by atoms with Crippen LogP contribution in [0.4, 0.5) is 0 Å². The van der Waals surface area contributed by atoms with Crippen LogP contribution in [0.15, 0.2) is 15.2 Å². The van der Waals surface area contributed by atoms with E-state index in [1.54, 1.807) is 11.4 Å². The molecule has 1 rings (SSSR count). The third kappa shape index (κ3) is 5.32. The van der Waals surface area contributed by atoms with Crippen LogP contribution in [0.25, 0.3) is 0 Å². The lowest BCUT2D eigenvalue weighted by molar-refractivity contribution is -0.137. The SMILES string of the molecule is CC(CCC(=O)O)CNC(=O)c1csc(Br)c1. The number of carbonyl (C=O) groups is 2. The van der Waals surface area contributed by atoms with Crippen molar-refractivity contribution in [2.24, 2.45) is 5.92 Å². The summed E-state index contributed by atoms with van der Waals surface area (Å²) in [6.07, 6.45) is 0.712. The average Bonchev–Trinajstić information content (AvgIpc) is 2.70. The third-order valence-electron chi connectivity index (χ3n) is 2.29. The monoisotopic (exact) mass is 319 g/mol. The lowest BCUT2D eigenvalue weighted by atomic mass is 10.1. The molecule has 1 aromatic rings. The van der Waals surface area contributed by atoms with Gasteiger partial charge >= 0.3 is 5.97 Å². The second-order valence-corrected chi connectivity index (χ2v) is 6.18. The zero-order chi connectivity index (χ0) is 12.8. The minimum atomic E-state index is -0.801. The first-order valence-electron chi connectivity index (χ1n) is 5.23. The van der Waals surface area contributed by atoms with E-state index in [9.17, 15) is 9.59 Å². The van der Waals surface area contributed by atoms with Gasteiger partial charge in [-0.3, -0.25) is 9.59 Å². The van der Waals surface area contributed by atoms with Crippen LogP contribution in [0.1, 0.15) is 30.1 Å². The summed E-state index contributed by atoms with van der Waals surface area (Å²) >= 11 is 4.75. The number of amides is 1. The molecule has 1 unspecified atom stereocenters. The highest BCUT2D eigenvalue weighted by molar-refractivity contribution is 9.11. The molecule has 0 radical (unpaired) electrons. The highest BCUT2D eigenvalue weighted by atomic mass is 79.9. The van der Waals surface area contributed by atoms with Crippen molar-refractivity contribution in [3.8, 4) is 0 Å². The van der Waals surface area contributed by atoms with Gasteiger partial charge in [0, 0.05) is 18.3 Å². The minimum Gasteiger partial charge on any atom is -0.481 e. The van der Waals surface area contributed by atoms with E-state index >= 15 is 0 Å². The van der Waals surface area contributed by atoms with Gasteiger partial charge < -0.3 is 10.4 Å². The molecule has 0 saturated heterocycles. The first-order chi connectivity index (χ1) is 7.99. The third-order valence-corrected chi connectivity index (χ3v) is 3.80. The van der Waals surface area contributed by atoms with Gasteiger partial charge in [0.15, 0.2) is 0 Å². The van der Waals surface area contributed by atoms with Crippen molar-refractivity contribution in [2.45, 2.75) is 19.8 Å². The van der Waals surface area contributed by atoms with Crippen molar-refractivity contribution in [1.82, 2.24) is 5.32 Å². The Morgan fingerprint density at radius 2 is 2.29 bits per heavy atom. The van der Waals surface area contributed by atoms with E-state index in [1.165, 1.54) is 11.3 Å². The molecule has 6 heteroatoms. The molecule has 0 aliphatic carbocycles. The molecule has 0 saturated carbocycles. The summed E-state index contributed by atoms with van der Waals surface area (Å²) in [6.45, 7) is 2.42. The van der Waals surface area contributed by atoms with Gasteiger partial charge in [0.2, 0.25) is 0 Å². The van der Waals surface area contributed by atoms with Gasteiger partial charge in [-0.05, 0) is 34.3 Å². The standard InChI is InChI=1S/C11H14BrNO3S/c1-7(2-3-10(14)15)5-13-11(16)8-4-9(12)17-6-8/h4,6-7H,2-3,5H2,1H3,(H,13,16)(H,14,15). The molecule has 94 valence electrons. The van der Waals surface area contributed by atoms with Gasteiger partial charge in [-0.1, -0.05) is 6.92 Å². The van der Waals surface area contributed by atoms with Crippen molar-refractivity contribution in [3.63, 3.8) is 0 Å². The smallest absolute Gasteiger partial charge is 0.303 e. The summed E-state index contributed by atoms with van der Waals surface area (Å²) in [7, 11) is 0. The molecule has 0 bridgehead atoms. The maximum atomic E-state index is 11.7. The number of hydrogen-bond acceptors (Lipinski definition) is 3. The fraction of sp³-hybridized carbons (Fsp3) is 0.455. The molecule has 2 N–H and O–H groups in total. The number of carboxylic acids is 1. The molecule has 1 amide bonds. The molecule has 0 aromatic carbocycles. The van der Waals surface area contributed by atoms with Crippen LogP contribution in [0, 0.1) is 5.92 Å². The molecule has 0 fully saturated rings. The zero-order valence-corrected chi connectivity index (χ0v) is 11.8. The van der Waals surface area contributed by atoms with Crippen molar-refractivity contribution < 1.29 is 14.7 Å². The number of rotatable bonds is 6. The minimum absolute atomic E-state index is 0.117. The van der Waals surface area contributed by atoms with Crippen molar-refractivity contribution >= 4 is 39.1 Å². The quantitative estimate of drug-likeness (QED) is 0.847. The van der Waals surface area contributed by atoms with Crippen molar-refractivity contribution in [2.75, 3.05) is 6.54 Å². The largest absolute Gasteiger partial charge is 0.481 e. The highest BCUT2D eigenvalue weighted by Crippen LogP contribution is 2.20. The van der Waals surface area contributed by atoms with Crippen LogP contribution in [0.5, 0.6) is 0 Å². The van der Waals surface area contributed by atoms with Gasteiger partial charge in [-0.25, -0.2) is 0 Å². The maximum absolute atomic E-state index is 11.7. The maximum Gasteiger partial charge on any atom is 0.303 e. The van der Waals surface area contributed by atoms with Gasteiger partial charge in [-0.15, -0.1) is 11.3 Å². The lowest BCUT2D eigenvalue weighted by Gasteiger charge is -2.10. The number of carbonyl (C=O) groups excluding carboxylic acids is 1. The molecule has 4 nitrogen and oxygen atoms in total. The Morgan fingerprint density at radius 1 is 1.59 bits per heavy atom.